The standard InChI is InChI=1S/C21H19NO6S/c1-13(23)19(21(26)27)10-17(24)11-28-18-8-4-15(5-9-18)20(25)14-2-6-16(7-3-14)22-12-29/h2-9,13,19,23H,10-11H2,1H3,(H,26,27). The van der Waals surface area contributed by atoms with Crippen molar-refractivity contribution in [1.82, 2.24) is 0 Å². The zero-order chi connectivity index (χ0) is 21.4. The highest BCUT2D eigenvalue weighted by Gasteiger charge is 2.26. The van der Waals surface area contributed by atoms with E-state index in [-0.39, 0.29) is 18.8 Å². The number of carboxylic acids is 1. The third kappa shape index (κ3) is 6.43. The lowest BCUT2D eigenvalue weighted by Crippen LogP contribution is -2.29. The Balaban J connectivity index is 1.95. The van der Waals surface area contributed by atoms with E-state index in [0.717, 1.165) is 0 Å². The number of carbonyl (C=O) groups is 3. The summed E-state index contributed by atoms with van der Waals surface area (Å²) in [6.45, 7) is 0.993. The van der Waals surface area contributed by atoms with Crippen LogP contribution in [0, 0.1) is 5.92 Å². The number of hydrogen-bond donors (Lipinski definition) is 2. The summed E-state index contributed by atoms with van der Waals surface area (Å²) in [7, 11) is 0. The molecule has 2 N–H and O–H groups in total. The highest BCUT2D eigenvalue weighted by molar-refractivity contribution is 7.78. The molecule has 0 saturated carbocycles. The largest absolute Gasteiger partial charge is 0.486 e. The maximum absolute atomic E-state index is 12.5. The molecule has 0 amide bonds. The molecule has 8 heteroatoms. The van der Waals surface area contributed by atoms with Crippen molar-refractivity contribution in [2.75, 3.05) is 6.61 Å². The van der Waals surface area contributed by atoms with E-state index in [9.17, 15) is 19.5 Å². The van der Waals surface area contributed by atoms with E-state index in [1.165, 1.54) is 6.92 Å². The van der Waals surface area contributed by atoms with E-state index >= 15 is 0 Å². The number of rotatable bonds is 10. The highest BCUT2D eigenvalue weighted by atomic mass is 32.1. The summed E-state index contributed by atoms with van der Waals surface area (Å²) in [5, 5.41) is 20.7. The predicted octanol–water partition coefficient (Wildman–Crippen LogP) is 3.07. The molecule has 0 spiro atoms. The molecule has 0 aromatic heterocycles. The van der Waals surface area contributed by atoms with Gasteiger partial charge in [0, 0.05) is 17.5 Å². The molecule has 0 fully saturated rings. The number of nitrogens with zero attached hydrogens (tertiary/aromatic N) is 1. The molecule has 0 aliphatic heterocycles. The summed E-state index contributed by atoms with van der Waals surface area (Å²) in [5.41, 5.74) is 1.52. The molecule has 0 bridgehead atoms. The first-order valence-corrected chi connectivity index (χ1v) is 9.10. The molecular formula is C21H19NO6S. The van der Waals surface area contributed by atoms with Crippen molar-refractivity contribution in [3.05, 3.63) is 59.7 Å². The van der Waals surface area contributed by atoms with Gasteiger partial charge in [0.15, 0.2) is 11.6 Å². The fourth-order valence-corrected chi connectivity index (χ4v) is 2.65. The number of benzene rings is 2. The van der Waals surface area contributed by atoms with Crippen LogP contribution in [0.25, 0.3) is 0 Å². The quantitative estimate of drug-likeness (QED) is 0.350. The summed E-state index contributed by atoms with van der Waals surface area (Å²) < 4.78 is 5.35. The van der Waals surface area contributed by atoms with Crippen molar-refractivity contribution in [1.29, 1.82) is 0 Å². The number of carboxylic acid groups (broad SMARTS) is 1. The van der Waals surface area contributed by atoms with Gasteiger partial charge in [-0.05, 0) is 67.7 Å². The first kappa shape index (κ1) is 22.1. The van der Waals surface area contributed by atoms with E-state index in [0.29, 0.717) is 22.6 Å². The van der Waals surface area contributed by atoms with Crippen molar-refractivity contribution >= 4 is 40.6 Å². The van der Waals surface area contributed by atoms with Gasteiger partial charge in [0.2, 0.25) is 0 Å². The smallest absolute Gasteiger partial charge is 0.309 e. The number of carbonyl (C=O) groups excluding carboxylic acids is 2. The van der Waals surface area contributed by atoms with Crippen LogP contribution in [0.15, 0.2) is 53.5 Å². The van der Waals surface area contributed by atoms with Crippen LogP contribution in [0.2, 0.25) is 0 Å². The number of aliphatic imine (C=N–C) groups is 1. The van der Waals surface area contributed by atoms with Crippen LogP contribution < -0.4 is 4.74 Å². The molecule has 0 aliphatic carbocycles. The molecule has 0 radical (unpaired) electrons. The summed E-state index contributed by atoms with van der Waals surface area (Å²) >= 11 is 4.53. The van der Waals surface area contributed by atoms with E-state index in [1.807, 2.05) is 0 Å². The van der Waals surface area contributed by atoms with Gasteiger partial charge in [-0.3, -0.25) is 14.4 Å². The average Bonchev–Trinajstić information content (AvgIpc) is 2.70. The SMILES string of the molecule is CC(O)C(CC(=O)COc1ccc(C(=O)c2ccc(N=C=S)cc2)cc1)C(=O)O. The highest BCUT2D eigenvalue weighted by Crippen LogP contribution is 2.18. The number of aliphatic carboxylic acids is 1. The van der Waals surface area contributed by atoms with E-state index in [2.05, 4.69) is 22.4 Å². The summed E-state index contributed by atoms with van der Waals surface area (Å²) in [4.78, 5) is 39.2. The number of Topliss-reactive ketones (excluding diaryl/α,β-unsaturated/α-hetero) is 1. The number of aliphatic hydroxyl groups excluding tert-OH is 1. The number of ketones is 2. The molecule has 0 heterocycles. The Morgan fingerprint density at radius 2 is 1.62 bits per heavy atom. The molecular weight excluding hydrogens is 394 g/mol. The fraction of sp³-hybridized carbons (Fsp3) is 0.238. The van der Waals surface area contributed by atoms with Crippen LogP contribution >= 0.6 is 12.2 Å². The topological polar surface area (TPSA) is 113 Å². The first-order valence-electron chi connectivity index (χ1n) is 8.70. The Bertz CT molecular complexity index is 931. The van der Waals surface area contributed by atoms with Gasteiger partial charge in [-0.2, -0.15) is 4.99 Å². The lowest BCUT2D eigenvalue weighted by Gasteiger charge is -2.14. The Morgan fingerprint density at radius 1 is 1.07 bits per heavy atom. The third-order valence-electron chi connectivity index (χ3n) is 4.17. The van der Waals surface area contributed by atoms with Gasteiger partial charge in [0.25, 0.3) is 0 Å². The van der Waals surface area contributed by atoms with Gasteiger partial charge in [-0.25, -0.2) is 0 Å². The van der Waals surface area contributed by atoms with Gasteiger partial charge in [-0.15, -0.1) is 0 Å². The molecule has 0 saturated heterocycles. The Kier molecular flexibility index (Phi) is 7.91. The van der Waals surface area contributed by atoms with Crippen LogP contribution in [0.4, 0.5) is 5.69 Å². The lowest BCUT2D eigenvalue weighted by atomic mass is 9.98. The summed E-state index contributed by atoms with van der Waals surface area (Å²) in [6.07, 6.45) is -1.47. The second-order valence-corrected chi connectivity index (χ2v) is 6.50. The number of aliphatic hydroxyl groups is 1. The minimum atomic E-state index is -1.24. The molecule has 29 heavy (non-hydrogen) atoms. The summed E-state index contributed by atoms with van der Waals surface area (Å²) in [5.74, 6) is -2.68. The molecule has 150 valence electrons. The van der Waals surface area contributed by atoms with E-state index < -0.39 is 23.8 Å². The van der Waals surface area contributed by atoms with Crippen LogP contribution in [-0.4, -0.2) is 45.6 Å². The molecule has 2 aromatic carbocycles. The van der Waals surface area contributed by atoms with E-state index in [1.54, 1.807) is 48.5 Å². The molecule has 2 rings (SSSR count). The van der Waals surface area contributed by atoms with Gasteiger partial charge in [0.1, 0.15) is 12.4 Å². The van der Waals surface area contributed by atoms with Crippen molar-refractivity contribution in [2.45, 2.75) is 19.4 Å². The van der Waals surface area contributed by atoms with Crippen LogP contribution in [0.1, 0.15) is 29.3 Å². The minimum Gasteiger partial charge on any atom is -0.486 e. The van der Waals surface area contributed by atoms with Crippen LogP contribution in [0.5, 0.6) is 5.75 Å². The molecule has 2 unspecified atom stereocenters. The maximum atomic E-state index is 12.5. The van der Waals surface area contributed by atoms with Crippen molar-refractivity contribution in [3.63, 3.8) is 0 Å². The monoisotopic (exact) mass is 413 g/mol. The number of thiocarbonyl (C=S) groups is 1. The number of hydrogen-bond acceptors (Lipinski definition) is 7. The van der Waals surface area contributed by atoms with Crippen molar-refractivity contribution in [2.24, 2.45) is 10.9 Å². The average molecular weight is 413 g/mol. The Labute approximate surface area is 172 Å². The molecule has 2 aromatic rings. The van der Waals surface area contributed by atoms with E-state index in [4.69, 9.17) is 9.84 Å². The van der Waals surface area contributed by atoms with Crippen LogP contribution in [-0.2, 0) is 9.59 Å². The van der Waals surface area contributed by atoms with Crippen molar-refractivity contribution in [3.8, 4) is 5.75 Å². The van der Waals surface area contributed by atoms with Crippen molar-refractivity contribution < 1.29 is 29.3 Å². The van der Waals surface area contributed by atoms with Gasteiger partial charge < -0.3 is 14.9 Å². The lowest BCUT2D eigenvalue weighted by molar-refractivity contribution is -0.147. The third-order valence-corrected chi connectivity index (χ3v) is 4.26. The Morgan fingerprint density at radius 3 is 2.10 bits per heavy atom. The van der Waals surface area contributed by atoms with Gasteiger partial charge in [0.05, 0.1) is 22.9 Å². The molecule has 0 aliphatic rings. The first-order chi connectivity index (χ1) is 13.8. The predicted molar refractivity (Wildman–Crippen MR) is 109 cm³/mol. The fourth-order valence-electron chi connectivity index (χ4n) is 2.54. The normalized spacial score (nSPS) is 12.3. The maximum Gasteiger partial charge on any atom is 0.309 e. The molecule has 7 nitrogen and oxygen atoms in total. The minimum absolute atomic E-state index is 0.188. The number of ether oxygens (including phenoxy) is 1. The summed E-state index contributed by atoms with van der Waals surface area (Å²) in [6, 6.07) is 12.8. The zero-order valence-corrected chi connectivity index (χ0v) is 16.4. The van der Waals surface area contributed by atoms with Crippen LogP contribution in [0.3, 0.4) is 0 Å². The second-order valence-electron chi connectivity index (χ2n) is 6.32. The Hall–Kier alpha value is -3.19. The number of isothiocyanates is 1. The zero-order valence-electron chi connectivity index (χ0n) is 15.6. The van der Waals surface area contributed by atoms with Gasteiger partial charge in [-0.1, -0.05) is 0 Å². The van der Waals surface area contributed by atoms with Gasteiger partial charge >= 0.3 is 5.97 Å². The molecule has 2 atom stereocenters. The second kappa shape index (κ2) is 10.4.